The molecule has 4 rings (SSSR count). The number of para-hydroxylation sites is 2. The molecule has 1 aromatic carbocycles. The van der Waals surface area contributed by atoms with Crippen LogP contribution in [0, 0.1) is 0 Å². The summed E-state index contributed by atoms with van der Waals surface area (Å²) in [6.07, 6.45) is 0.763. The molecule has 1 amide bonds. The Hall–Kier alpha value is -3.07. The van der Waals surface area contributed by atoms with Gasteiger partial charge in [-0.05, 0) is 18.6 Å². The zero-order valence-corrected chi connectivity index (χ0v) is 17.0. The molecular weight excluding hydrogens is 388 g/mol. The number of benzene rings is 1. The van der Waals surface area contributed by atoms with Crippen LogP contribution in [0.15, 0.2) is 35.1 Å². The van der Waals surface area contributed by atoms with E-state index in [-0.39, 0.29) is 24.0 Å². The molecule has 2 aliphatic heterocycles. The monoisotopic (exact) mass is 414 g/mol. The average Bonchev–Trinajstić information content (AvgIpc) is 3.28. The smallest absolute Gasteiger partial charge is 0.260 e. The van der Waals surface area contributed by atoms with Crippen molar-refractivity contribution in [3.05, 3.63) is 46.4 Å². The van der Waals surface area contributed by atoms with Crippen LogP contribution < -0.4 is 19.9 Å². The summed E-state index contributed by atoms with van der Waals surface area (Å²) in [5.41, 5.74) is 0.548. The van der Waals surface area contributed by atoms with E-state index >= 15 is 0 Å². The minimum Gasteiger partial charge on any atom is -0.493 e. The number of nitrogens with one attached hydrogen (secondary N) is 1. The molecule has 9 nitrogen and oxygen atoms in total. The summed E-state index contributed by atoms with van der Waals surface area (Å²) in [5, 5.41) is 0. The zero-order valence-electron chi connectivity index (χ0n) is 17.0. The number of anilines is 1. The SMILES string of the molecule is COc1ccccc1OCC(=O)N1CC[C@@H](c2cc(=O)[nH]c(N3CCOCC3)n2)C1. The molecule has 0 saturated carbocycles. The molecular formula is C21H26N4O5. The molecule has 0 bridgehead atoms. The number of aromatic nitrogens is 2. The van der Waals surface area contributed by atoms with E-state index in [4.69, 9.17) is 14.2 Å². The molecule has 2 saturated heterocycles. The summed E-state index contributed by atoms with van der Waals surface area (Å²) < 4.78 is 16.3. The number of carbonyl (C=O) groups is 1. The molecule has 9 heteroatoms. The Kier molecular flexibility index (Phi) is 6.18. The van der Waals surface area contributed by atoms with Crippen LogP contribution in [0.4, 0.5) is 5.95 Å². The summed E-state index contributed by atoms with van der Waals surface area (Å²) in [4.78, 5) is 36.1. The maximum Gasteiger partial charge on any atom is 0.260 e. The van der Waals surface area contributed by atoms with E-state index in [1.807, 2.05) is 17.0 Å². The number of hydrogen-bond donors (Lipinski definition) is 1. The van der Waals surface area contributed by atoms with Gasteiger partial charge in [-0.1, -0.05) is 12.1 Å². The molecule has 160 valence electrons. The van der Waals surface area contributed by atoms with Crippen molar-refractivity contribution in [1.29, 1.82) is 0 Å². The molecule has 2 fully saturated rings. The van der Waals surface area contributed by atoms with Crippen LogP contribution >= 0.6 is 0 Å². The minimum absolute atomic E-state index is 0.0299. The summed E-state index contributed by atoms with van der Waals surface area (Å²) in [7, 11) is 1.56. The number of amides is 1. The van der Waals surface area contributed by atoms with Crippen LogP contribution in [-0.4, -0.2) is 73.9 Å². The van der Waals surface area contributed by atoms with E-state index in [0.717, 1.165) is 12.1 Å². The van der Waals surface area contributed by atoms with Gasteiger partial charge in [-0.3, -0.25) is 14.6 Å². The van der Waals surface area contributed by atoms with Gasteiger partial charge in [0.05, 0.1) is 26.0 Å². The van der Waals surface area contributed by atoms with Crippen molar-refractivity contribution in [3.8, 4) is 11.5 Å². The van der Waals surface area contributed by atoms with Crippen LogP contribution in [0.3, 0.4) is 0 Å². The molecule has 0 unspecified atom stereocenters. The number of ether oxygens (including phenoxy) is 3. The summed E-state index contributed by atoms with van der Waals surface area (Å²) in [6.45, 7) is 3.70. The molecule has 30 heavy (non-hydrogen) atoms. The highest BCUT2D eigenvalue weighted by atomic mass is 16.5. The Morgan fingerprint density at radius 2 is 2.00 bits per heavy atom. The Bertz CT molecular complexity index is 941. The van der Waals surface area contributed by atoms with Crippen molar-refractivity contribution in [1.82, 2.24) is 14.9 Å². The van der Waals surface area contributed by atoms with E-state index in [1.54, 1.807) is 24.1 Å². The van der Waals surface area contributed by atoms with Crippen molar-refractivity contribution in [2.75, 3.05) is 58.0 Å². The molecule has 2 aromatic rings. The van der Waals surface area contributed by atoms with Crippen LogP contribution in [0.1, 0.15) is 18.0 Å². The first-order valence-corrected chi connectivity index (χ1v) is 10.1. The van der Waals surface area contributed by atoms with Gasteiger partial charge in [-0.15, -0.1) is 0 Å². The number of hydrogen-bond acceptors (Lipinski definition) is 7. The number of likely N-dealkylation sites (tertiary alicyclic amines) is 1. The first kappa shape index (κ1) is 20.2. The highest BCUT2D eigenvalue weighted by molar-refractivity contribution is 5.78. The lowest BCUT2D eigenvalue weighted by Gasteiger charge is -2.27. The molecule has 1 atom stereocenters. The van der Waals surface area contributed by atoms with Gasteiger partial charge < -0.3 is 24.0 Å². The molecule has 2 aliphatic rings. The van der Waals surface area contributed by atoms with E-state index in [0.29, 0.717) is 56.8 Å². The number of aromatic amines is 1. The Balaban J connectivity index is 1.38. The van der Waals surface area contributed by atoms with Crippen molar-refractivity contribution in [3.63, 3.8) is 0 Å². The van der Waals surface area contributed by atoms with Gasteiger partial charge in [-0.2, -0.15) is 0 Å². The normalized spacial score (nSPS) is 19.0. The molecule has 0 spiro atoms. The second kappa shape index (κ2) is 9.17. The third-order valence-electron chi connectivity index (χ3n) is 5.44. The second-order valence-corrected chi connectivity index (χ2v) is 7.36. The van der Waals surface area contributed by atoms with Crippen LogP contribution in [0.25, 0.3) is 0 Å². The first-order valence-electron chi connectivity index (χ1n) is 10.1. The third-order valence-corrected chi connectivity index (χ3v) is 5.44. The fraction of sp³-hybridized carbons (Fsp3) is 0.476. The molecule has 1 aromatic heterocycles. The first-order chi connectivity index (χ1) is 14.6. The third kappa shape index (κ3) is 4.56. The predicted molar refractivity (Wildman–Crippen MR) is 110 cm³/mol. The average molecular weight is 414 g/mol. The second-order valence-electron chi connectivity index (χ2n) is 7.36. The van der Waals surface area contributed by atoms with Crippen LogP contribution in [0.5, 0.6) is 11.5 Å². The van der Waals surface area contributed by atoms with Gasteiger partial charge in [0.1, 0.15) is 0 Å². The topological polar surface area (TPSA) is 97.0 Å². The maximum absolute atomic E-state index is 12.6. The standard InChI is InChI=1S/C21H26N4O5/c1-28-17-4-2-3-5-18(17)30-14-20(27)25-7-6-15(13-25)16-12-19(26)23-21(22-16)24-8-10-29-11-9-24/h2-5,12,15H,6-11,13-14H2,1H3,(H,22,23,26)/t15-/m1/s1. The summed E-state index contributed by atoms with van der Waals surface area (Å²) in [6, 6.07) is 8.77. The lowest BCUT2D eigenvalue weighted by atomic mass is 10.1. The van der Waals surface area contributed by atoms with Gasteiger partial charge in [0, 0.05) is 38.2 Å². The lowest BCUT2D eigenvalue weighted by molar-refractivity contribution is -0.132. The number of methoxy groups -OCH3 is 1. The van der Waals surface area contributed by atoms with E-state index in [1.165, 1.54) is 6.07 Å². The molecule has 0 radical (unpaired) electrons. The largest absolute Gasteiger partial charge is 0.493 e. The van der Waals surface area contributed by atoms with Crippen molar-refractivity contribution in [2.24, 2.45) is 0 Å². The number of rotatable bonds is 6. The quantitative estimate of drug-likeness (QED) is 0.753. The van der Waals surface area contributed by atoms with Crippen molar-refractivity contribution < 1.29 is 19.0 Å². The van der Waals surface area contributed by atoms with Crippen molar-refractivity contribution in [2.45, 2.75) is 12.3 Å². The minimum atomic E-state index is -0.175. The van der Waals surface area contributed by atoms with Gasteiger partial charge in [0.15, 0.2) is 18.1 Å². The van der Waals surface area contributed by atoms with E-state index in [9.17, 15) is 9.59 Å². The van der Waals surface area contributed by atoms with Gasteiger partial charge >= 0.3 is 0 Å². The van der Waals surface area contributed by atoms with Crippen LogP contribution in [-0.2, 0) is 9.53 Å². The highest BCUT2D eigenvalue weighted by Gasteiger charge is 2.29. The Morgan fingerprint density at radius 3 is 2.77 bits per heavy atom. The van der Waals surface area contributed by atoms with Gasteiger partial charge in [0.2, 0.25) is 5.95 Å². The van der Waals surface area contributed by atoms with Crippen molar-refractivity contribution >= 4 is 11.9 Å². The van der Waals surface area contributed by atoms with E-state index in [2.05, 4.69) is 9.97 Å². The highest BCUT2D eigenvalue weighted by Crippen LogP contribution is 2.28. The maximum atomic E-state index is 12.6. The number of H-pyrrole nitrogens is 1. The van der Waals surface area contributed by atoms with E-state index < -0.39 is 0 Å². The fourth-order valence-electron chi connectivity index (χ4n) is 3.79. The predicted octanol–water partition coefficient (Wildman–Crippen LogP) is 1.01. The van der Waals surface area contributed by atoms with Gasteiger partial charge in [0.25, 0.3) is 11.5 Å². The molecule has 0 aliphatic carbocycles. The number of nitrogens with zero attached hydrogens (tertiary/aromatic N) is 3. The molecule has 3 heterocycles. The molecule has 1 N–H and O–H groups in total. The van der Waals surface area contributed by atoms with Crippen LogP contribution in [0.2, 0.25) is 0 Å². The summed E-state index contributed by atoms with van der Waals surface area (Å²) >= 11 is 0. The van der Waals surface area contributed by atoms with Gasteiger partial charge in [-0.25, -0.2) is 4.98 Å². The number of morpholine rings is 1. The number of carbonyl (C=O) groups excluding carboxylic acids is 1. The fourth-order valence-corrected chi connectivity index (χ4v) is 3.79. The Labute approximate surface area is 174 Å². The lowest BCUT2D eigenvalue weighted by Crippen LogP contribution is -2.38. The zero-order chi connectivity index (χ0) is 20.9. The summed E-state index contributed by atoms with van der Waals surface area (Å²) in [5.74, 6) is 1.64. The Morgan fingerprint density at radius 1 is 1.23 bits per heavy atom.